The number of aromatic nitrogens is 2. The van der Waals surface area contributed by atoms with Gasteiger partial charge in [0, 0.05) is 18.5 Å². The summed E-state index contributed by atoms with van der Waals surface area (Å²) < 4.78 is 12.7. The van der Waals surface area contributed by atoms with Gasteiger partial charge < -0.3 is 9.47 Å². The second kappa shape index (κ2) is 8.39. The van der Waals surface area contributed by atoms with Crippen molar-refractivity contribution < 1.29 is 14.3 Å². The Morgan fingerprint density at radius 3 is 2.70 bits per heavy atom. The summed E-state index contributed by atoms with van der Waals surface area (Å²) in [5.74, 6) is -0.207. The van der Waals surface area contributed by atoms with Crippen molar-refractivity contribution in [3.63, 3.8) is 0 Å². The minimum Gasteiger partial charge on any atom is -0.490 e. The molecule has 0 aliphatic carbocycles. The van der Waals surface area contributed by atoms with Gasteiger partial charge in [-0.25, -0.2) is 4.79 Å². The van der Waals surface area contributed by atoms with Gasteiger partial charge in [0.25, 0.3) is 0 Å². The summed E-state index contributed by atoms with van der Waals surface area (Å²) in [5, 5.41) is 13.3. The predicted molar refractivity (Wildman–Crippen MR) is 100 cm³/mol. The van der Waals surface area contributed by atoms with E-state index in [-0.39, 0.29) is 16.5 Å². The largest absolute Gasteiger partial charge is 0.490 e. The molecule has 0 bridgehead atoms. The van der Waals surface area contributed by atoms with Crippen LogP contribution in [0.3, 0.4) is 0 Å². The fourth-order valence-corrected chi connectivity index (χ4v) is 2.72. The third kappa shape index (κ3) is 4.46. The van der Waals surface area contributed by atoms with Crippen LogP contribution in [0.25, 0.3) is 0 Å². The summed E-state index contributed by atoms with van der Waals surface area (Å²) in [6.45, 7) is 2.74. The number of esters is 1. The molecule has 1 aromatic heterocycles. The number of carbonyl (C=O) groups is 1. The lowest BCUT2D eigenvalue weighted by molar-refractivity contribution is 0.0728. The molecule has 6 nitrogen and oxygen atoms in total. The summed E-state index contributed by atoms with van der Waals surface area (Å²) >= 11 is 6.17. The standard InChI is InChI=1S/C20H16ClN3O3/c1-2-26-18-11-15(12-22)10-17(21)19(18)27-20(25)16-6-4-14(5-7-16)13-24-9-3-8-23-24/h3-11H,2,13H2,1H3. The average Bonchev–Trinajstić information content (AvgIpc) is 3.18. The molecule has 0 N–H and O–H groups in total. The van der Waals surface area contributed by atoms with E-state index >= 15 is 0 Å². The van der Waals surface area contributed by atoms with Crippen molar-refractivity contribution in [1.29, 1.82) is 5.26 Å². The van der Waals surface area contributed by atoms with E-state index < -0.39 is 5.97 Å². The number of nitrogens with zero attached hydrogens (tertiary/aromatic N) is 3. The molecule has 0 spiro atoms. The van der Waals surface area contributed by atoms with Gasteiger partial charge in [-0.05, 0) is 36.8 Å². The van der Waals surface area contributed by atoms with Crippen LogP contribution in [0.1, 0.15) is 28.4 Å². The van der Waals surface area contributed by atoms with Crippen LogP contribution >= 0.6 is 11.6 Å². The van der Waals surface area contributed by atoms with Crippen molar-refractivity contribution >= 4 is 17.6 Å². The van der Waals surface area contributed by atoms with Crippen LogP contribution < -0.4 is 9.47 Å². The Balaban J connectivity index is 1.78. The lowest BCUT2D eigenvalue weighted by Gasteiger charge is -2.13. The maximum absolute atomic E-state index is 12.5. The van der Waals surface area contributed by atoms with Crippen LogP contribution in [-0.2, 0) is 6.54 Å². The van der Waals surface area contributed by atoms with Gasteiger partial charge in [-0.3, -0.25) is 4.68 Å². The lowest BCUT2D eigenvalue weighted by Crippen LogP contribution is -2.10. The molecule has 0 radical (unpaired) electrons. The second-order valence-electron chi connectivity index (χ2n) is 5.62. The second-order valence-corrected chi connectivity index (χ2v) is 6.03. The van der Waals surface area contributed by atoms with E-state index in [1.54, 1.807) is 29.9 Å². The molecular formula is C20H16ClN3O3. The third-order valence-corrected chi connectivity index (χ3v) is 4.01. The van der Waals surface area contributed by atoms with Gasteiger partial charge >= 0.3 is 5.97 Å². The van der Waals surface area contributed by atoms with Crippen LogP contribution in [0.4, 0.5) is 0 Å². The number of rotatable bonds is 6. The van der Waals surface area contributed by atoms with Crippen LogP contribution in [-0.4, -0.2) is 22.4 Å². The molecule has 0 amide bonds. The van der Waals surface area contributed by atoms with E-state index in [1.165, 1.54) is 12.1 Å². The fourth-order valence-electron chi connectivity index (χ4n) is 2.47. The number of halogens is 1. The van der Waals surface area contributed by atoms with Gasteiger partial charge in [-0.2, -0.15) is 10.4 Å². The zero-order chi connectivity index (χ0) is 19.2. The number of hydrogen-bond donors (Lipinski definition) is 0. The SMILES string of the molecule is CCOc1cc(C#N)cc(Cl)c1OC(=O)c1ccc(Cn2cccn2)cc1. The number of ether oxygens (including phenoxy) is 2. The molecule has 7 heteroatoms. The van der Waals surface area contributed by atoms with Crippen molar-refractivity contribution in [2.24, 2.45) is 0 Å². The first-order chi connectivity index (χ1) is 13.1. The molecule has 0 aliphatic heterocycles. The summed E-state index contributed by atoms with van der Waals surface area (Å²) in [6, 6.07) is 13.8. The van der Waals surface area contributed by atoms with E-state index in [0.29, 0.717) is 24.3 Å². The Morgan fingerprint density at radius 1 is 1.30 bits per heavy atom. The fraction of sp³-hybridized carbons (Fsp3) is 0.150. The van der Waals surface area contributed by atoms with Crippen molar-refractivity contribution in [2.45, 2.75) is 13.5 Å². The Bertz CT molecular complexity index is 977. The average molecular weight is 382 g/mol. The van der Waals surface area contributed by atoms with Gasteiger partial charge in [-0.1, -0.05) is 23.7 Å². The van der Waals surface area contributed by atoms with Gasteiger partial charge in [0.1, 0.15) is 0 Å². The summed E-state index contributed by atoms with van der Waals surface area (Å²) in [6.07, 6.45) is 3.58. The number of hydrogen-bond acceptors (Lipinski definition) is 5. The van der Waals surface area contributed by atoms with Crippen LogP contribution in [0.15, 0.2) is 54.9 Å². The van der Waals surface area contributed by atoms with E-state index in [0.717, 1.165) is 5.56 Å². The molecule has 27 heavy (non-hydrogen) atoms. The van der Waals surface area contributed by atoms with E-state index in [9.17, 15) is 4.79 Å². The lowest BCUT2D eigenvalue weighted by atomic mass is 10.1. The van der Waals surface area contributed by atoms with Gasteiger partial charge in [0.2, 0.25) is 0 Å². The normalized spacial score (nSPS) is 10.3. The predicted octanol–water partition coefficient (Wildman–Crippen LogP) is 4.07. The smallest absolute Gasteiger partial charge is 0.343 e. The zero-order valence-electron chi connectivity index (χ0n) is 14.6. The number of nitriles is 1. The first-order valence-corrected chi connectivity index (χ1v) is 8.63. The molecular weight excluding hydrogens is 366 g/mol. The first kappa shape index (κ1) is 18.5. The zero-order valence-corrected chi connectivity index (χ0v) is 15.3. The number of benzene rings is 2. The Hall–Kier alpha value is -3.30. The van der Waals surface area contributed by atoms with Gasteiger partial charge in [-0.15, -0.1) is 0 Å². The molecule has 0 saturated heterocycles. The van der Waals surface area contributed by atoms with E-state index in [2.05, 4.69) is 5.10 Å². The highest BCUT2D eigenvalue weighted by Gasteiger charge is 2.17. The molecule has 0 saturated carbocycles. The van der Waals surface area contributed by atoms with Crippen molar-refractivity contribution in [3.8, 4) is 17.6 Å². The Kier molecular flexibility index (Phi) is 5.74. The summed E-state index contributed by atoms with van der Waals surface area (Å²) in [5.41, 5.74) is 1.70. The molecule has 0 unspecified atom stereocenters. The van der Waals surface area contributed by atoms with E-state index in [4.69, 9.17) is 26.3 Å². The molecule has 3 aromatic rings. The highest BCUT2D eigenvalue weighted by Crippen LogP contribution is 2.37. The van der Waals surface area contributed by atoms with Crippen LogP contribution in [0.5, 0.6) is 11.5 Å². The molecule has 136 valence electrons. The minimum absolute atomic E-state index is 0.100. The van der Waals surface area contributed by atoms with Crippen molar-refractivity contribution in [3.05, 3.63) is 76.6 Å². The highest BCUT2D eigenvalue weighted by atomic mass is 35.5. The van der Waals surface area contributed by atoms with Gasteiger partial charge in [0.05, 0.1) is 35.4 Å². The topological polar surface area (TPSA) is 77.1 Å². The van der Waals surface area contributed by atoms with Crippen molar-refractivity contribution in [2.75, 3.05) is 6.61 Å². The Morgan fingerprint density at radius 2 is 2.07 bits per heavy atom. The highest BCUT2D eigenvalue weighted by molar-refractivity contribution is 6.32. The van der Waals surface area contributed by atoms with Gasteiger partial charge in [0.15, 0.2) is 11.5 Å². The summed E-state index contributed by atoms with van der Waals surface area (Å²) in [7, 11) is 0. The third-order valence-electron chi connectivity index (χ3n) is 3.73. The van der Waals surface area contributed by atoms with Crippen LogP contribution in [0.2, 0.25) is 5.02 Å². The molecule has 0 atom stereocenters. The van der Waals surface area contributed by atoms with E-state index in [1.807, 2.05) is 30.5 Å². The molecule has 1 heterocycles. The number of carbonyl (C=O) groups excluding carboxylic acids is 1. The Labute approximate surface area is 161 Å². The molecule has 3 rings (SSSR count). The molecule has 0 fully saturated rings. The quantitative estimate of drug-likeness (QED) is 0.475. The van der Waals surface area contributed by atoms with Crippen LogP contribution in [0, 0.1) is 11.3 Å². The van der Waals surface area contributed by atoms with Crippen molar-refractivity contribution in [1.82, 2.24) is 9.78 Å². The molecule has 2 aromatic carbocycles. The molecule has 0 aliphatic rings. The maximum Gasteiger partial charge on any atom is 0.343 e. The summed E-state index contributed by atoms with van der Waals surface area (Å²) in [4.78, 5) is 12.5. The maximum atomic E-state index is 12.5. The first-order valence-electron chi connectivity index (χ1n) is 8.25. The minimum atomic E-state index is -0.562. The monoisotopic (exact) mass is 381 g/mol.